The molecular weight excluding hydrogens is 252 g/mol. The fourth-order valence-corrected chi connectivity index (χ4v) is 2.36. The predicted molar refractivity (Wildman–Crippen MR) is 81.1 cm³/mol. The highest BCUT2D eigenvalue weighted by Crippen LogP contribution is 2.30. The van der Waals surface area contributed by atoms with Crippen molar-refractivity contribution in [2.75, 3.05) is 18.5 Å². The van der Waals surface area contributed by atoms with E-state index in [-0.39, 0.29) is 18.6 Å². The van der Waals surface area contributed by atoms with E-state index in [0.717, 1.165) is 18.0 Å². The number of hydrogen-bond donors (Lipinski definition) is 2. The molecule has 4 heteroatoms. The third kappa shape index (κ3) is 3.97. The topological polar surface area (TPSA) is 50.4 Å². The van der Waals surface area contributed by atoms with E-state index in [4.69, 9.17) is 4.74 Å². The Balaban J connectivity index is 1.88. The lowest BCUT2D eigenvalue weighted by Gasteiger charge is -2.21. The summed E-state index contributed by atoms with van der Waals surface area (Å²) in [5.41, 5.74) is 1.95. The molecule has 1 aliphatic heterocycles. The molecule has 110 valence electrons. The van der Waals surface area contributed by atoms with Gasteiger partial charge in [-0.25, -0.2) is 0 Å². The maximum atomic E-state index is 11.3. The molecule has 0 aliphatic carbocycles. The molecule has 1 amide bonds. The van der Waals surface area contributed by atoms with Crippen molar-refractivity contribution in [2.45, 2.75) is 45.6 Å². The first-order valence-electron chi connectivity index (χ1n) is 7.50. The number of unbranched alkanes of at least 4 members (excludes halogenated alkanes) is 3. The number of benzene rings is 1. The molecule has 1 heterocycles. The number of nitrogens with one attached hydrogen (secondary N) is 2. The van der Waals surface area contributed by atoms with E-state index in [1.165, 1.54) is 31.2 Å². The van der Waals surface area contributed by atoms with Gasteiger partial charge in [0, 0.05) is 6.04 Å². The van der Waals surface area contributed by atoms with Crippen LogP contribution in [-0.4, -0.2) is 19.1 Å². The molecule has 2 N–H and O–H groups in total. The van der Waals surface area contributed by atoms with Crippen LogP contribution in [0, 0.1) is 0 Å². The van der Waals surface area contributed by atoms with Crippen LogP contribution in [0.3, 0.4) is 0 Å². The lowest BCUT2D eigenvalue weighted by Crippen LogP contribution is -2.26. The summed E-state index contributed by atoms with van der Waals surface area (Å²) < 4.78 is 5.36. The average Bonchev–Trinajstić information content (AvgIpc) is 2.46. The molecular formula is C16H24N2O2. The molecule has 0 saturated heterocycles. The van der Waals surface area contributed by atoms with Crippen molar-refractivity contribution >= 4 is 11.6 Å². The number of carbonyl (C=O) groups is 1. The van der Waals surface area contributed by atoms with Crippen molar-refractivity contribution in [3.63, 3.8) is 0 Å². The summed E-state index contributed by atoms with van der Waals surface area (Å²) in [4.78, 5) is 11.3. The highest BCUT2D eigenvalue weighted by Gasteiger charge is 2.17. The van der Waals surface area contributed by atoms with E-state index in [0.29, 0.717) is 0 Å². The number of rotatable bonds is 7. The van der Waals surface area contributed by atoms with Gasteiger partial charge in [0.05, 0.1) is 5.69 Å². The Bertz CT molecular complexity index is 460. The molecule has 1 unspecified atom stereocenters. The van der Waals surface area contributed by atoms with Crippen LogP contribution in [0.5, 0.6) is 5.75 Å². The number of fused-ring (bicyclic) bond motifs is 1. The van der Waals surface area contributed by atoms with Crippen molar-refractivity contribution in [2.24, 2.45) is 0 Å². The number of amides is 1. The van der Waals surface area contributed by atoms with Crippen molar-refractivity contribution in [1.82, 2.24) is 5.32 Å². The van der Waals surface area contributed by atoms with Gasteiger partial charge in [0.2, 0.25) is 0 Å². The van der Waals surface area contributed by atoms with Crippen molar-refractivity contribution in [3.8, 4) is 5.75 Å². The van der Waals surface area contributed by atoms with Gasteiger partial charge in [0.25, 0.3) is 5.91 Å². The molecule has 1 aromatic rings. The smallest absolute Gasteiger partial charge is 0.262 e. The van der Waals surface area contributed by atoms with Gasteiger partial charge in [-0.3, -0.25) is 4.79 Å². The molecule has 0 spiro atoms. The monoisotopic (exact) mass is 276 g/mol. The Hall–Kier alpha value is -1.55. The second-order valence-corrected chi connectivity index (χ2v) is 5.33. The zero-order valence-corrected chi connectivity index (χ0v) is 12.4. The van der Waals surface area contributed by atoms with Crippen LogP contribution in [0.1, 0.15) is 51.1 Å². The van der Waals surface area contributed by atoms with Gasteiger partial charge in [0.15, 0.2) is 6.61 Å². The minimum absolute atomic E-state index is 0.0881. The predicted octanol–water partition coefficient (Wildman–Crippen LogP) is 3.25. The number of hydrogen-bond acceptors (Lipinski definition) is 3. The minimum atomic E-state index is -0.0881. The molecule has 4 nitrogen and oxygen atoms in total. The lowest BCUT2D eigenvalue weighted by atomic mass is 10.1. The van der Waals surface area contributed by atoms with Gasteiger partial charge in [0.1, 0.15) is 5.75 Å². The third-order valence-corrected chi connectivity index (χ3v) is 3.62. The van der Waals surface area contributed by atoms with Crippen LogP contribution in [0.15, 0.2) is 18.2 Å². The molecule has 0 aromatic heterocycles. The summed E-state index contributed by atoms with van der Waals surface area (Å²) in [6, 6.07) is 6.26. The first kappa shape index (κ1) is 14.9. The van der Waals surface area contributed by atoms with Gasteiger partial charge < -0.3 is 15.4 Å². The largest absolute Gasteiger partial charge is 0.482 e. The van der Waals surface area contributed by atoms with E-state index in [9.17, 15) is 4.79 Å². The first-order chi connectivity index (χ1) is 9.70. The summed E-state index contributed by atoms with van der Waals surface area (Å²) in [5, 5.41) is 6.37. The van der Waals surface area contributed by atoms with Crippen LogP contribution >= 0.6 is 0 Å². The summed E-state index contributed by atoms with van der Waals surface area (Å²) in [6.45, 7) is 5.51. The number of carbonyl (C=O) groups excluding carboxylic acids is 1. The maximum Gasteiger partial charge on any atom is 0.262 e. The van der Waals surface area contributed by atoms with Crippen LogP contribution < -0.4 is 15.4 Å². The van der Waals surface area contributed by atoms with E-state index in [1.807, 2.05) is 12.1 Å². The molecule has 0 saturated carbocycles. The quantitative estimate of drug-likeness (QED) is 0.752. The van der Waals surface area contributed by atoms with Crippen LogP contribution in [0.25, 0.3) is 0 Å². The molecule has 1 atom stereocenters. The average molecular weight is 276 g/mol. The Morgan fingerprint density at radius 3 is 3.00 bits per heavy atom. The highest BCUT2D eigenvalue weighted by atomic mass is 16.5. The van der Waals surface area contributed by atoms with E-state index < -0.39 is 0 Å². The summed E-state index contributed by atoms with van der Waals surface area (Å²) >= 11 is 0. The minimum Gasteiger partial charge on any atom is -0.482 e. The normalized spacial score (nSPS) is 15.2. The van der Waals surface area contributed by atoms with Crippen molar-refractivity contribution < 1.29 is 9.53 Å². The molecule has 0 radical (unpaired) electrons. The van der Waals surface area contributed by atoms with Gasteiger partial charge >= 0.3 is 0 Å². The molecule has 0 bridgehead atoms. The third-order valence-electron chi connectivity index (χ3n) is 3.62. The zero-order chi connectivity index (χ0) is 14.4. The SMILES string of the molecule is CCCCCCNC(C)c1ccc2c(c1)NC(=O)CO2. The molecule has 0 fully saturated rings. The second kappa shape index (κ2) is 7.29. The van der Waals surface area contributed by atoms with Crippen LogP contribution in [0.4, 0.5) is 5.69 Å². The van der Waals surface area contributed by atoms with E-state index in [1.54, 1.807) is 0 Å². The van der Waals surface area contributed by atoms with Crippen molar-refractivity contribution in [1.29, 1.82) is 0 Å². The lowest BCUT2D eigenvalue weighted by molar-refractivity contribution is -0.118. The maximum absolute atomic E-state index is 11.3. The van der Waals surface area contributed by atoms with Crippen LogP contribution in [0.2, 0.25) is 0 Å². The second-order valence-electron chi connectivity index (χ2n) is 5.33. The Kier molecular flexibility index (Phi) is 5.41. The Morgan fingerprint density at radius 1 is 1.35 bits per heavy atom. The van der Waals surface area contributed by atoms with Gasteiger partial charge in [-0.15, -0.1) is 0 Å². The Labute approximate surface area is 120 Å². The summed E-state index contributed by atoms with van der Waals surface area (Å²) in [5.74, 6) is 0.665. The van der Waals surface area contributed by atoms with Crippen molar-refractivity contribution in [3.05, 3.63) is 23.8 Å². The number of ether oxygens (including phenoxy) is 1. The summed E-state index contributed by atoms with van der Waals surface area (Å²) in [7, 11) is 0. The zero-order valence-electron chi connectivity index (χ0n) is 12.4. The van der Waals surface area contributed by atoms with E-state index >= 15 is 0 Å². The molecule has 2 rings (SSSR count). The first-order valence-corrected chi connectivity index (χ1v) is 7.50. The van der Waals surface area contributed by atoms with E-state index in [2.05, 4.69) is 30.5 Å². The molecule has 1 aliphatic rings. The highest BCUT2D eigenvalue weighted by molar-refractivity contribution is 5.95. The molecule has 1 aromatic carbocycles. The van der Waals surface area contributed by atoms with Gasteiger partial charge in [-0.05, 0) is 37.6 Å². The van der Waals surface area contributed by atoms with Gasteiger partial charge in [-0.2, -0.15) is 0 Å². The van der Waals surface area contributed by atoms with Gasteiger partial charge in [-0.1, -0.05) is 32.3 Å². The number of anilines is 1. The molecule has 20 heavy (non-hydrogen) atoms. The Morgan fingerprint density at radius 2 is 2.20 bits per heavy atom. The fourth-order valence-electron chi connectivity index (χ4n) is 2.36. The van der Waals surface area contributed by atoms with Crippen LogP contribution in [-0.2, 0) is 4.79 Å². The summed E-state index contributed by atoms with van der Waals surface area (Å²) in [6.07, 6.45) is 5.06. The standard InChI is InChI=1S/C16H24N2O2/c1-3-4-5-6-9-17-12(2)13-7-8-15-14(10-13)18-16(19)11-20-15/h7-8,10,12,17H,3-6,9,11H2,1-2H3,(H,18,19). The fraction of sp³-hybridized carbons (Fsp3) is 0.562.